The van der Waals surface area contributed by atoms with Crippen LogP contribution >= 0.6 is 0 Å². The summed E-state index contributed by atoms with van der Waals surface area (Å²) in [5.41, 5.74) is 3.41. The molecule has 0 atom stereocenters. The van der Waals surface area contributed by atoms with Crippen molar-refractivity contribution in [3.63, 3.8) is 0 Å². The highest BCUT2D eigenvalue weighted by molar-refractivity contribution is 5.77. The second kappa shape index (κ2) is 7.61. The van der Waals surface area contributed by atoms with Crippen LogP contribution in [0.1, 0.15) is 55.3 Å². The number of hydrogen-bond acceptors (Lipinski definition) is 2. The SMILES string of the molecule is Cc1cccc(C2(NC(=O)CCCc3ccccn3)CCCC2)c1. The first-order chi connectivity index (χ1) is 11.7. The van der Waals surface area contributed by atoms with Gasteiger partial charge in [-0.05, 0) is 50.3 Å². The van der Waals surface area contributed by atoms with Crippen molar-refractivity contribution < 1.29 is 4.79 Å². The number of rotatable bonds is 6. The van der Waals surface area contributed by atoms with Gasteiger partial charge in [-0.25, -0.2) is 0 Å². The number of hydrogen-bond donors (Lipinski definition) is 1. The molecule has 1 saturated carbocycles. The quantitative estimate of drug-likeness (QED) is 0.861. The number of amides is 1. The fourth-order valence-electron chi connectivity index (χ4n) is 3.71. The van der Waals surface area contributed by atoms with Crippen LogP contribution in [0, 0.1) is 6.92 Å². The largest absolute Gasteiger partial charge is 0.347 e. The van der Waals surface area contributed by atoms with Gasteiger partial charge < -0.3 is 5.32 Å². The average Bonchev–Trinajstić information content (AvgIpc) is 3.05. The molecule has 1 aromatic carbocycles. The van der Waals surface area contributed by atoms with Gasteiger partial charge in [-0.3, -0.25) is 9.78 Å². The Morgan fingerprint density at radius 3 is 2.71 bits per heavy atom. The molecule has 0 bridgehead atoms. The second-order valence-corrected chi connectivity index (χ2v) is 6.88. The molecule has 3 rings (SSSR count). The Kier molecular flexibility index (Phi) is 5.29. The first kappa shape index (κ1) is 16.7. The van der Waals surface area contributed by atoms with Gasteiger partial charge in [0.25, 0.3) is 0 Å². The molecule has 1 amide bonds. The highest BCUT2D eigenvalue weighted by atomic mass is 16.1. The summed E-state index contributed by atoms with van der Waals surface area (Å²) >= 11 is 0. The van der Waals surface area contributed by atoms with E-state index < -0.39 is 0 Å². The molecule has 3 nitrogen and oxygen atoms in total. The maximum absolute atomic E-state index is 12.5. The monoisotopic (exact) mass is 322 g/mol. The van der Waals surface area contributed by atoms with Crippen LogP contribution in [0.3, 0.4) is 0 Å². The summed E-state index contributed by atoms with van der Waals surface area (Å²) in [5.74, 6) is 0.161. The third kappa shape index (κ3) is 4.02. The minimum Gasteiger partial charge on any atom is -0.347 e. The zero-order chi connectivity index (χ0) is 16.8. The van der Waals surface area contributed by atoms with Gasteiger partial charge in [-0.1, -0.05) is 48.7 Å². The van der Waals surface area contributed by atoms with E-state index >= 15 is 0 Å². The Morgan fingerprint density at radius 1 is 1.17 bits per heavy atom. The summed E-state index contributed by atoms with van der Waals surface area (Å²) in [6.45, 7) is 2.11. The van der Waals surface area contributed by atoms with Crippen LogP contribution < -0.4 is 5.32 Å². The third-order valence-corrected chi connectivity index (χ3v) is 4.97. The standard InChI is InChI=1S/C21H26N2O/c1-17-8-6-9-18(16-17)21(13-3-4-14-21)23-20(24)12-7-11-19-10-2-5-15-22-19/h2,5-6,8-10,15-16H,3-4,7,11-14H2,1H3,(H,23,24). The van der Waals surface area contributed by atoms with Gasteiger partial charge in [0.05, 0.1) is 5.54 Å². The maximum Gasteiger partial charge on any atom is 0.220 e. The van der Waals surface area contributed by atoms with Gasteiger partial charge in [0.2, 0.25) is 5.91 Å². The molecule has 0 saturated heterocycles. The van der Waals surface area contributed by atoms with Crippen molar-refractivity contribution in [2.75, 3.05) is 0 Å². The molecule has 0 radical (unpaired) electrons. The minimum atomic E-state index is -0.159. The lowest BCUT2D eigenvalue weighted by Crippen LogP contribution is -2.43. The molecular formula is C21H26N2O. The van der Waals surface area contributed by atoms with E-state index in [1.54, 1.807) is 6.20 Å². The van der Waals surface area contributed by atoms with Crippen LogP contribution in [0.5, 0.6) is 0 Å². The number of nitrogens with zero attached hydrogens (tertiary/aromatic N) is 1. The number of aromatic nitrogens is 1. The maximum atomic E-state index is 12.5. The zero-order valence-electron chi connectivity index (χ0n) is 14.4. The molecule has 1 aliphatic carbocycles. The molecule has 2 aromatic rings. The van der Waals surface area contributed by atoms with Gasteiger partial charge in [0.15, 0.2) is 0 Å². The molecule has 3 heteroatoms. The van der Waals surface area contributed by atoms with Gasteiger partial charge in [0, 0.05) is 18.3 Å². The molecule has 24 heavy (non-hydrogen) atoms. The van der Waals surface area contributed by atoms with Gasteiger partial charge in [0.1, 0.15) is 0 Å². The number of carbonyl (C=O) groups is 1. The lowest BCUT2D eigenvalue weighted by molar-refractivity contribution is -0.123. The van der Waals surface area contributed by atoms with Crippen molar-refractivity contribution in [3.05, 3.63) is 65.5 Å². The predicted octanol–water partition coefficient (Wildman–Crippen LogP) is 4.30. The Hall–Kier alpha value is -2.16. The molecule has 1 N–H and O–H groups in total. The van der Waals surface area contributed by atoms with Crippen LogP contribution in [-0.4, -0.2) is 10.9 Å². The predicted molar refractivity (Wildman–Crippen MR) is 96.6 cm³/mol. The van der Waals surface area contributed by atoms with Crippen LogP contribution in [0.4, 0.5) is 0 Å². The van der Waals surface area contributed by atoms with Crippen LogP contribution in [0.25, 0.3) is 0 Å². The zero-order valence-corrected chi connectivity index (χ0v) is 14.4. The van der Waals surface area contributed by atoms with E-state index in [1.165, 1.54) is 24.0 Å². The number of benzene rings is 1. The van der Waals surface area contributed by atoms with Crippen molar-refractivity contribution in [3.8, 4) is 0 Å². The molecule has 126 valence electrons. The lowest BCUT2D eigenvalue weighted by Gasteiger charge is -2.31. The summed E-state index contributed by atoms with van der Waals surface area (Å²) in [4.78, 5) is 16.8. The molecule has 1 aliphatic rings. The normalized spacial score (nSPS) is 16.0. The smallest absolute Gasteiger partial charge is 0.220 e. The van der Waals surface area contributed by atoms with Crippen molar-refractivity contribution in [2.24, 2.45) is 0 Å². The Balaban J connectivity index is 1.60. The second-order valence-electron chi connectivity index (χ2n) is 6.88. The summed E-state index contributed by atoms with van der Waals surface area (Å²) in [7, 11) is 0. The van der Waals surface area contributed by atoms with E-state index in [-0.39, 0.29) is 11.4 Å². The lowest BCUT2D eigenvalue weighted by atomic mass is 9.87. The molecule has 1 aromatic heterocycles. The molecule has 1 heterocycles. The summed E-state index contributed by atoms with van der Waals surface area (Å²) in [6.07, 6.45) is 8.51. The highest BCUT2D eigenvalue weighted by Crippen LogP contribution is 2.39. The van der Waals surface area contributed by atoms with Crippen LogP contribution in [0.15, 0.2) is 48.7 Å². The van der Waals surface area contributed by atoms with Crippen molar-refractivity contribution >= 4 is 5.91 Å². The van der Waals surface area contributed by atoms with E-state index in [4.69, 9.17) is 0 Å². The van der Waals surface area contributed by atoms with E-state index in [1.807, 2.05) is 18.2 Å². The molecule has 0 unspecified atom stereocenters. The fraction of sp³-hybridized carbons (Fsp3) is 0.429. The minimum absolute atomic E-state index is 0.159. The van der Waals surface area contributed by atoms with Gasteiger partial charge in [-0.15, -0.1) is 0 Å². The third-order valence-electron chi connectivity index (χ3n) is 4.97. The molecule has 0 spiro atoms. The van der Waals surface area contributed by atoms with E-state index in [0.29, 0.717) is 6.42 Å². The first-order valence-electron chi connectivity index (χ1n) is 8.96. The highest BCUT2D eigenvalue weighted by Gasteiger charge is 2.36. The molecular weight excluding hydrogens is 296 g/mol. The van der Waals surface area contributed by atoms with E-state index in [9.17, 15) is 4.79 Å². The van der Waals surface area contributed by atoms with Gasteiger partial charge in [-0.2, -0.15) is 0 Å². The molecule has 0 aliphatic heterocycles. The number of carbonyl (C=O) groups excluding carboxylic acids is 1. The summed E-state index contributed by atoms with van der Waals surface area (Å²) < 4.78 is 0. The average molecular weight is 322 g/mol. The fourth-order valence-corrected chi connectivity index (χ4v) is 3.71. The van der Waals surface area contributed by atoms with E-state index in [2.05, 4.69) is 41.5 Å². The van der Waals surface area contributed by atoms with Crippen molar-refractivity contribution in [2.45, 2.75) is 57.4 Å². The van der Waals surface area contributed by atoms with Crippen LogP contribution in [-0.2, 0) is 16.8 Å². The van der Waals surface area contributed by atoms with Crippen molar-refractivity contribution in [1.82, 2.24) is 10.3 Å². The summed E-state index contributed by atoms with van der Waals surface area (Å²) in [6, 6.07) is 14.5. The number of aryl methyl sites for hydroxylation is 2. The van der Waals surface area contributed by atoms with E-state index in [0.717, 1.165) is 31.4 Å². The first-order valence-corrected chi connectivity index (χ1v) is 8.96. The Bertz CT molecular complexity index is 675. The number of nitrogens with one attached hydrogen (secondary N) is 1. The molecule has 1 fully saturated rings. The Morgan fingerprint density at radius 2 is 2.00 bits per heavy atom. The number of pyridine rings is 1. The van der Waals surface area contributed by atoms with Crippen LogP contribution in [0.2, 0.25) is 0 Å². The van der Waals surface area contributed by atoms with Crippen molar-refractivity contribution in [1.29, 1.82) is 0 Å². The summed E-state index contributed by atoms with van der Waals surface area (Å²) in [5, 5.41) is 3.36. The topological polar surface area (TPSA) is 42.0 Å². The Labute approximate surface area is 144 Å². The van der Waals surface area contributed by atoms with Gasteiger partial charge >= 0.3 is 0 Å².